The van der Waals surface area contributed by atoms with Gasteiger partial charge in [-0.05, 0) is 49.2 Å². The number of sulfonamides is 1. The van der Waals surface area contributed by atoms with Crippen LogP contribution >= 0.6 is 11.3 Å². The molecule has 2 heterocycles. The molecule has 0 spiro atoms. The third kappa shape index (κ3) is 3.59. The Hall–Kier alpha value is -3.11. The van der Waals surface area contributed by atoms with Crippen LogP contribution in [0.1, 0.15) is 11.1 Å². The third-order valence-corrected chi connectivity index (χ3v) is 6.91. The summed E-state index contributed by atoms with van der Waals surface area (Å²) in [6.45, 7) is 3.74. The lowest BCUT2D eigenvalue weighted by molar-refractivity contribution is 0.402. The minimum Gasteiger partial charge on any atom is -0.497 e. The molecule has 0 unspecified atom stereocenters. The van der Waals surface area contributed by atoms with Crippen LogP contribution in [-0.4, -0.2) is 37.2 Å². The van der Waals surface area contributed by atoms with Crippen molar-refractivity contribution < 1.29 is 17.9 Å². The van der Waals surface area contributed by atoms with Crippen molar-refractivity contribution in [1.82, 2.24) is 14.6 Å². The number of aryl methyl sites for hydroxylation is 2. The Morgan fingerprint density at radius 1 is 1.07 bits per heavy atom. The number of methoxy groups -OCH3 is 2. The predicted octanol–water partition coefficient (Wildman–Crippen LogP) is 3.89. The molecule has 4 rings (SSSR count). The number of thiazole rings is 1. The van der Waals surface area contributed by atoms with Gasteiger partial charge in [-0.15, -0.1) is 16.4 Å². The van der Waals surface area contributed by atoms with Crippen LogP contribution in [0.2, 0.25) is 0 Å². The smallest absolute Gasteiger partial charge is 0.267 e. The van der Waals surface area contributed by atoms with E-state index in [2.05, 4.69) is 14.8 Å². The fourth-order valence-electron chi connectivity index (χ4n) is 3.01. The summed E-state index contributed by atoms with van der Waals surface area (Å²) in [6.07, 6.45) is 0. The van der Waals surface area contributed by atoms with E-state index in [0.29, 0.717) is 4.96 Å². The van der Waals surface area contributed by atoms with Gasteiger partial charge in [0.05, 0.1) is 19.9 Å². The Morgan fingerprint density at radius 3 is 2.57 bits per heavy atom. The van der Waals surface area contributed by atoms with E-state index in [0.717, 1.165) is 28.1 Å². The molecule has 0 amide bonds. The Balaban J connectivity index is 1.71. The van der Waals surface area contributed by atoms with Crippen molar-refractivity contribution in [2.45, 2.75) is 18.7 Å². The van der Waals surface area contributed by atoms with Crippen molar-refractivity contribution in [2.75, 3.05) is 18.9 Å². The number of anilines is 1. The number of aromatic nitrogens is 3. The molecule has 8 nitrogen and oxygen atoms in total. The van der Waals surface area contributed by atoms with Gasteiger partial charge < -0.3 is 9.47 Å². The van der Waals surface area contributed by atoms with Gasteiger partial charge in [0, 0.05) is 10.9 Å². The maximum absolute atomic E-state index is 13.0. The van der Waals surface area contributed by atoms with E-state index in [-0.39, 0.29) is 16.6 Å². The molecular formula is C20H20N4O4S2. The summed E-state index contributed by atoms with van der Waals surface area (Å²) in [4.78, 5) is 4.92. The van der Waals surface area contributed by atoms with Gasteiger partial charge in [-0.25, -0.2) is 17.7 Å². The van der Waals surface area contributed by atoms with Gasteiger partial charge >= 0.3 is 0 Å². The van der Waals surface area contributed by atoms with Crippen LogP contribution in [0.25, 0.3) is 16.2 Å². The van der Waals surface area contributed by atoms with E-state index in [9.17, 15) is 8.42 Å². The zero-order valence-electron chi connectivity index (χ0n) is 16.8. The lowest BCUT2D eigenvalue weighted by Crippen LogP contribution is -2.15. The van der Waals surface area contributed by atoms with Crippen LogP contribution in [0.15, 0.2) is 46.7 Å². The van der Waals surface area contributed by atoms with Crippen LogP contribution in [0.3, 0.4) is 0 Å². The normalized spacial score (nSPS) is 11.6. The van der Waals surface area contributed by atoms with E-state index in [1.54, 1.807) is 23.8 Å². The summed E-state index contributed by atoms with van der Waals surface area (Å²) in [7, 11) is -0.896. The minimum atomic E-state index is -3.94. The van der Waals surface area contributed by atoms with Crippen LogP contribution in [0.5, 0.6) is 11.5 Å². The quantitative estimate of drug-likeness (QED) is 0.485. The molecule has 0 bridgehead atoms. The standard InChI is InChI=1S/C20H20N4O4S2/c1-12-8-17(28-4)18(9-13(12)2)30(25,26)23-19-21-20-24(22-19)16(11-29-20)14-6-5-7-15(10-14)27-3/h5-11H,1-4H3,(H,22,23). The summed E-state index contributed by atoms with van der Waals surface area (Å²) in [5.74, 6) is 0.977. The molecule has 0 radical (unpaired) electrons. The Morgan fingerprint density at radius 2 is 1.83 bits per heavy atom. The van der Waals surface area contributed by atoms with E-state index >= 15 is 0 Å². The third-order valence-electron chi connectivity index (χ3n) is 4.74. The Bertz CT molecular complexity index is 1340. The Kier molecular flexibility index (Phi) is 5.12. The average Bonchev–Trinajstić information content (AvgIpc) is 3.29. The summed E-state index contributed by atoms with van der Waals surface area (Å²) < 4.78 is 40.6. The van der Waals surface area contributed by atoms with Crippen molar-refractivity contribution >= 4 is 32.3 Å². The SMILES string of the molecule is COc1cccc(-c2csc3nc(NS(=O)(=O)c4cc(C)c(C)cc4OC)nn23)c1. The molecule has 2 aromatic heterocycles. The highest BCUT2D eigenvalue weighted by atomic mass is 32.2. The molecule has 10 heteroatoms. The van der Waals surface area contributed by atoms with Gasteiger partial charge in [0.25, 0.3) is 16.0 Å². The van der Waals surface area contributed by atoms with Gasteiger partial charge in [0.2, 0.25) is 4.96 Å². The van der Waals surface area contributed by atoms with E-state index in [4.69, 9.17) is 9.47 Å². The van der Waals surface area contributed by atoms with Crippen molar-refractivity contribution in [1.29, 1.82) is 0 Å². The zero-order chi connectivity index (χ0) is 21.5. The lowest BCUT2D eigenvalue weighted by atomic mass is 10.1. The molecule has 1 N–H and O–H groups in total. The summed E-state index contributed by atoms with van der Waals surface area (Å²) in [6, 6.07) is 10.8. The molecular weight excluding hydrogens is 424 g/mol. The number of nitrogens with zero attached hydrogens (tertiary/aromatic N) is 3. The highest BCUT2D eigenvalue weighted by Crippen LogP contribution is 2.31. The van der Waals surface area contributed by atoms with Crippen molar-refractivity contribution in [2.24, 2.45) is 0 Å². The van der Waals surface area contributed by atoms with E-state index < -0.39 is 10.0 Å². The minimum absolute atomic E-state index is 0.00808. The molecule has 0 aliphatic rings. The highest BCUT2D eigenvalue weighted by Gasteiger charge is 2.23. The van der Waals surface area contributed by atoms with Gasteiger partial charge in [-0.2, -0.15) is 4.98 Å². The first kappa shape index (κ1) is 20.2. The molecule has 2 aromatic carbocycles. The van der Waals surface area contributed by atoms with E-state index in [1.807, 2.05) is 43.5 Å². The van der Waals surface area contributed by atoms with Gasteiger partial charge in [0.15, 0.2) is 0 Å². The highest BCUT2D eigenvalue weighted by molar-refractivity contribution is 7.92. The molecule has 4 aromatic rings. The molecule has 156 valence electrons. The first-order valence-corrected chi connectivity index (χ1v) is 11.4. The van der Waals surface area contributed by atoms with Gasteiger partial charge in [-0.3, -0.25) is 0 Å². The van der Waals surface area contributed by atoms with Crippen LogP contribution in [0.4, 0.5) is 5.95 Å². The maximum Gasteiger partial charge on any atom is 0.267 e. The predicted molar refractivity (Wildman–Crippen MR) is 116 cm³/mol. The van der Waals surface area contributed by atoms with E-state index in [1.165, 1.54) is 18.4 Å². The van der Waals surface area contributed by atoms with Crippen LogP contribution in [-0.2, 0) is 10.0 Å². The number of hydrogen-bond donors (Lipinski definition) is 1. The summed E-state index contributed by atoms with van der Waals surface area (Å²) in [5.41, 5.74) is 3.45. The first-order valence-electron chi connectivity index (χ1n) is 8.99. The van der Waals surface area contributed by atoms with Gasteiger partial charge in [-0.1, -0.05) is 12.1 Å². The van der Waals surface area contributed by atoms with Crippen molar-refractivity contribution in [3.8, 4) is 22.8 Å². The van der Waals surface area contributed by atoms with Crippen molar-refractivity contribution in [3.63, 3.8) is 0 Å². The second kappa shape index (κ2) is 7.62. The monoisotopic (exact) mass is 444 g/mol. The molecule has 30 heavy (non-hydrogen) atoms. The topological polar surface area (TPSA) is 94.8 Å². The zero-order valence-corrected chi connectivity index (χ0v) is 18.5. The molecule has 0 saturated carbocycles. The maximum atomic E-state index is 13.0. The summed E-state index contributed by atoms with van der Waals surface area (Å²) in [5, 5.41) is 6.27. The molecule has 0 aliphatic carbocycles. The number of benzene rings is 2. The Labute approximate surface area is 178 Å². The van der Waals surface area contributed by atoms with Crippen molar-refractivity contribution in [3.05, 3.63) is 52.9 Å². The number of rotatable bonds is 6. The number of hydrogen-bond acceptors (Lipinski definition) is 7. The average molecular weight is 445 g/mol. The summed E-state index contributed by atoms with van der Waals surface area (Å²) >= 11 is 1.37. The number of fused-ring (bicyclic) bond motifs is 1. The second-order valence-electron chi connectivity index (χ2n) is 6.68. The second-order valence-corrected chi connectivity index (χ2v) is 9.16. The molecule has 0 aliphatic heterocycles. The largest absolute Gasteiger partial charge is 0.497 e. The van der Waals surface area contributed by atoms with Gasteiger partial charge in [0.1, 0.15) is 16.4 Å². The molecule has 0 fully saturated rings. The lowest BCUT2D eigenvalue weighted by Gasteiger charge is -2.12. The first-order chi connectivity index (χ1) is 14.3. The number of ether oxygens (including phenoxy) is 2. The fraction of sp³-hybridized carbons (Fsp3) is 0.200. The molecule has 0 atom stereocenters. The van der Waals surface area contributed by atoms with Crippen LogP contribution in [0, 0.1) is 13.8 Å². The van der Waals surface area contributed by atoms with Crippen LogP contribution < -0.4 is 14.2 Å². The molecule has 0 saturated heterocycles. The number of nitrogens with one attached hydrogen (secondary N) is 1. The fourth-order valence-corrected chi connectivity index (χ4v) is 5.02.